The van der Waals surface area contributed by atoms with Crippen LogP contribution in [0.3, 0.4) is 0 Å². The lowest BCUT2D eigenvalue weighted by Gasteiger charge is -2.22. The summed E-state index contributed by atoms with van der Waals surface area (Å²) in [7, 11) is 0. The standard InChI is InChI=1S/C16H17N3O3S/c1-11-10-23-15(17-11)18-14(20)13-8-5-9-19(13)16(21)22-12-6-3-2-4-7-12/h2-4,6-7,10,13H,5,8-9H2,1H3,(H,17,18,20)/t13-/m0/s1. The molecule has 1 aliphatic rings. The zero-order valence-electron chi connectivity index (χ0n) is 12.7. The molecule has 0 radical (unpaired) electrons. The van der Waals surface area contributed by atoms with Gasteiger partial charge in [0.15, 0.2) is 5.13 Å². The molecule has 1 atom stereocenters. The van der Waals surface area contributed by atoms with E-state index in [0.29, 0.717) is 23.8 Å². The van der Waals surface area contributed by atoms with E-state index in [4.69, 9.17) is 4.74 Å². The maximum absolute atomic E-state index is 12.4. The Hall–Kier alpha value is -2.41. The van der Waals surface area contributed by atoms with Crippen LogP contribution in [0.25, 0.3) is 0 Å². The summed E-state index contributed by atoms with van der Waals surface area (Å²) in [6, 6.07) is 8.33. The molecule has 2 amide bonds. The van der Waals surface area contributed by atoms with Gasteiger partial charge in [0.1, 0.15) is 11.8 Å². The fourth-order valence-electron chi connectivity index (χ4n) is 2.51. The number of thiazole rings is 1. The van der Waals surface area contributed by atoms with Crippen LogP contribution in [-0.4, -0.2) is 34.5 Å². The van der Waals surface area contributed by atoms with Gasteiger partial charge in [0.2, 0.25) is 5.91 Å². The van der Waals surface area contributed by atoms with Crippen molar-refractivity contribution in [2.75, 3.05) is 11.9 Å². The predicted octanol–water partition coefficient (Wildman–Crippen LogP) is 3.05. The first-order chi connectivity index (χ1) is 11.1. The summed E-state index contributed by atoms with van der Waals surface area (Å²) in [6.07, 6.45) is 0.906. The molecule has 2 heterocycles. The Balaban J connectivity index is 1.64. The molecule has 1 fully saturated rings. The largest absolute Gasteiger partial charge is 0.415 e. The predicted molar refractivity (Wildman–Crippen MR) is 87.7 cm³/mol. The van der Waals surface area contributed by atoms with Crippen LogP contribution in [0, 0.1) is 6.92 Å². The van der Waals surface area contributed by atoms with Gasteiger partial charge in [0.25, 0.3) is 0 Å². The number of likely N-dealkylation sites (tertiary alicyclic amines) is 1. The van der Waals surface area contributed by atoms with E-state index < -0.39 is 12.1 Å². The summed E-state index contributed by atoms with van der Waals surface area (Å²) in [5, 5.41) is 5.19. The van der Waals surface area contributed by atoms with Crippen LogP contribution < -0.4 is 10.1 Å². The second kappa shape index (κ2) is 6.78. The molecule has 1 N–H and O–H groups in total. The van der Waals surface area contributed by atoms with Crippen LogP contribution in [0.4, 0.5) is 9.93 Å². The highest BCUT2D eigenvalue weighted by Crippen LogP contribution is 2.22. The normalized spacial score (nSPS) is 17.1. The Bertz CT molecular complexity index is 702. The third-order valence-electron chi connectivity index (χ3n) is 3.59. The van der Waals surface area contributed by atoms with Crippen molar-refractivity contribution in [3.63, 3.8) is 0 Å². The Labute approximate surface area is 138 Å². The summed E-state index contributed by atoms with van der Waals surface area (Å²) in [4.78, 5) is 30.4. The van der Waals surface area contributed by atoms with Gasteiger partial charge >= 0.3 is 6.09 Å². The molecule has 6 nitrogen and oxygen atoms in total. The summed E-state index contributed by atoms with van der Waals surface area (Å²) >= 11 is 1.37. The molecule has 23 heavy (non-hydrogen) atoms. The SMILES string of the molecule is Cc1csc(NC(=O)[C@@H]2CCCN2C(=O)Oc2ccccc2)n1. The summed E-state index contributed by atoms with van der Waals surface area (Å²) < 4.78 is 5.33. The van der Waals surface area contributed by atoms with Crippen LogP contribution in [0.2, 0.25) is 0 Å². The first-order valence-electron chi connectivity index (χ1n) is 7.40. The molecule has 0 spiro atoms. The first kappa shape index (κ1) is 15.5. The van der Waals surface area contributed by atoms with E-state index in [1.54, 1.807) is 24.3 Å². The first-order valence-corrected chi connectivity index (χ1v) is 8.28. The van der Waals surface area contributed by atoms with Crippen molar-refractivity contribution in [2.24, 2.45) is 0 Å². The molecule has 1 aliphatic heterocycles. The van der Waals surface area contributed by atoms with Gasteiger partial charge in [0.05, 0.1) is 5.69 Å². The van der Waals surface area contributed by atoms with Gasteiger partial charge in [-0.15, -0.1) is 11.3 Å². The number of nitrogens with one attached hydrogen (secondary N) is 1. The second-order valence-electron chi connectivity index (χ2n) is 5.32. The third-order valence-corrected chi connectivity index (χ3v) is 4.46. The number of anilines is 1. The number of aromatic nitrogens is 1. The Kier molecular flexibility index (Phi) is 4.57. The van der Waals surface area contributed by atoms with Gasteiger partial charge in [-0.05, 0) is 31.9 Å². The summed E-state index contributed by atoms with van der Waals surface area (Å²) in [6.45, 7) is 2.38. The molecular formula is C16H17N3O3S. The average Bonchev–Trinajstić information content (AvgIpc) is 3.17. The van der Waals surface area contributed by atoms with Crippen molar-refractivity contribution >= 4 is 28.5 Å². The fraction of sp³-hybridized carbons (Fsp3) is 0.312. The van der Waals surface area contributed by atoms with Gasteiger partial charge in [-0.3, -0.25) is 9.69 Å². The van der Waals surface area contributed by atoms with E-state index in [1.807, 2.05) is 18.4 Å². The monoisotopic (exact) mass is 331 g/mol. The lowest BCUT2D eigenvalue weighted by atomic mass is 10.2. The van der Waals surface area contributed by atoms with Gasteiger partial charge in [-0.1, -0.05) is 18.2 Å². The van der Waals surface area contributed by atoms with Crippen LogP contribution in [0.15, 0.2) is 35.7 Å². The van der Waals surface area contributed by atoms with E-state index in [0.717, 1.165) is 12.1 Å². The lowest BCUT2D eigenvalue weighted by Crippen LogP contribution is -2.44. The van der Waals surface area contributed by atoms with Gasteiger partial charge in [-0.2, -0.15) is 0 Å². The molecular weight excluding hydrogens is 314 g/mol. The van der Waals surface area contributed by atoms with Crippen LogP contribution >= 0.6 is 11.3 Å². The number of benzene rings is 1. The highest BCUT2D eigenvalue weighted by molar-refractivity contribution is 7.13. The fourth-order valence-corrected chi connectivity index (χ4v) is 3.20. The minimum absolute atomic E-state index is 0.220. The van der Waals surface area contributed by atoms with Gasteiger partial charge < -0.3 is 10.1 Å². The third kappa shape index (κ3) is 3.68. The molecule has 0 saturated carbocycles. The van der Waals surface area contributed by atoms with Crippen LogP contribution in [-0.2, 0) is 4.79 Å². The number of amides is 2. The number of carbonyl (C=O) groups is 2. The summed E-state index contributed by atoms with van der Waals surface area (Å²) in [5.41, 5.74) is 0.858. The smallest absolute Gasteiger partial charge is 0.410 e. The van der Waals surface area contributed by atoms with E-state index in [-0.39, 0.29) is 5.91 Å². The van der Waals surface area contributed by atoms with Crippen molar-refractivity contribution in [3.05, 3.63) is 41.4 Å². The van der Waals surface area contributed by atoms with E-state index in [2.05, 4.69) is 10.3 Å². The molecule has 1 saturated heterocycles. The number of carbonyl (C=O) groups excluding carboxylic acids is 2. The number of ether oxygens (including phenoxy) is 1. The second-order valence-corrected chi connectivity index (χ2v) is 6.17. The number of rotatable bonds is 3. The highest BCUT2D eigenvalue weighted by atomic mass is 32.1. The van der Waals surface area contributed by atoms with Crippen molar-refractivity contribution in [1.29, 1.82) is 0 Å². The zero-order chi connectivity index (χ0) is 16.2. The number of para-hydroxylation sites is 1. The molecule has 0 unspecified atom stereocenters. The lowest BCUT2D eigenvalue weighted by molar-refractivity contribution is -0.119. The molecule has 0 aliphatic carbocycles. The minimum atomic E-state index is -0.518. The van der Waals surface area contributed by atoms with Crippen molar-refractivity contribution in [3.8, 4) is 5.75 Å². The Morgan fingerprint density at radius 1 is 1.35 bits per heavy atom. The molecule has 1 aromatic carbocycles. The number of nitrogens with zero attached hydrogens (tertiary/aromatic N) is 2. The van der Waals surface area contributed by atoms with E-state index in [1.165, 1.54) is 16.2 Å². The molecule has 2 aromatic rings. The van der Waals surface area contributed by atoms with Gasteiger partial charge in [0, 0.05) is 11.9 Å². The Morgan fingerprint density at radius 3 is 2.83 bits per heavy atom. The highest BCUT2D eigenvalue weighted by Gasteiger charge is 2.35. The van der Waals surface area contributed by atoms with Crippen molar-refractivity contribution < 1.29 is 14.3 Å². The topological polar surface area (TPSA) is 71.5 Å². The molecule has 0 bridgehead atoms. The maximum Gasteiger partial charge on any atom is 0.415 e. The number of hydrogen-bond acceptors (Lipinski definition) is 5. The molecule has 120 valence electrons. The molecule has 3 rings (SSSR count). The molecule has 1 aromatic heterocycles. The average molecular weight is 331 g/mol. The van der Waals surface area contributed by atoms with Crippen molar-refractivity contribution in [1.82, 2.24) is 9.88 Å². The summed E-state index contributed by atoms with van der Waals surface area (Å²) in [5.74, 6) is 0.251. The maximum atomic E-state index is 12.4. The van der Waals surface area contributed by atoms with Gasteiger partial charge in [-0.25, -0.2) is 9.78 Å². The minimum Gasteiger partial charge on any atom is -0.410 e. The van der Waals surface area contributed by atoms with E-state index >= 15 is 0 Å². The Morgan fingerprint density at radius 2 is 2.13 bits per heavy atom. The van der Waals surface area contributed by atoms with E-state index in [9.17, 15) is 9.59 Å². The van der Waals surface area contributed by atoms with Crippen LogP contribution in [0.1, 0.15) is 18.5 Å². The quantitative estimate of drug-likeness (QED) is 0.938. The zero-order valence-corrected chi connectivity index (χ0v) is 13.5. The van der Waals surface area contributed by atoms with Crippen molar-refractivity contribution in [2.45, 2.75) is 25.8 Å². The number of hydrogen-bond donors (Lipinski definition) is 1. The number of aryl methyl sites for hydroxylation is 1. The molecule has 7 heteroatoms. The van der Waals surface area contributed by atoms with Crippen LogP contribution in [0.5, 0.6) is 5.75 Å².